The third-order valence-electron chi connectivity index (χ3n) is 4.04. The van der Waals surface area contributed by atoms with Crippen LogP contribution in [0.4, 0.5) is 5.69 Å². The van der Waals surface area contributed by atoms with Crippen molar-refractivity contribution in [2.45, 2.75) is 0 Å². The standard InChI is InChI=1S/C20H13NO3/c21-16-11-10-15-17(20(16)24-12-6-2-1-3-7-12)19(23)14-9-5-4-8-13(14)18(15)22/h1-11H,21H2. The number of nitrogens with two attached hydrogens (primary N) is 1. The van der Waals surface area contributed by atoms with Crippen molar-refractivity contribution in [3.05, 3.63) is 89.0 Å². The van der Waals surface area contributed by atoms with E-state index in [9.17, 15) is 9.59 Å². The van der Waals surface area contributed by atoms with E-state index in [4.69, 9.17) is 10.5 Å². The van der Waals surface area contributed by atoms with Crippen LogP contribution in [-0.4, -0.2) is 11.6 Å². The Morgan fingerprint density at radius 3 is 2.00 bits per heavy atom. The number of fused-ring (bicyclic) bond motifs is 2. The van der Waals surface area contributed by atoms with Crippen molar-refractivity contribution >= 4 is 17.3 Å². The predicted octanol–water partition coefficient (Wildman–Crippen LogP) is 3.84. The van der Waals surface area contributed by atoms with Crippen molar-refractivity contribution in [1.29, 1.82) is 0 Å². The SMILES string of the molecule is Nc1ccc2c(c1Oc1ccccc1)C(=O)c1ccccc1C2=O. The number of nitrogen functional groups attached to an aromatic ring is 1. The predicted molar refractivity (Wildman–Crippen MR) is 90.7 cm³/mol. The molecule has 3 aromatic rings. The van der Waals surface area contributed by atoms with E-state index in [0.717, 1.165) is 0 Å². The molecule has 0 radical (unpaired) electrons. The van der Waals surface area contributed by atoms with Crippen LogP contribution < -0.4 is 10.5 Å². The first-order chi connectivity index (χ1) is 11.7. The number of rotatable bonds is 2. The molecule has 0 aliphatic heterocycles. The number of ketones is 2. The summed E-state index contributed by atoms with van der Waals surface area (Å²) in [7, 11) is 0. The molecule has 0 atom stereocenters. The maximum atomic E-state index is 12.9. The Labute approximate surface area is 138 Å². The monoisotopic (exact) mass is 315 g/mol. The summed E-state index contributed by atoms with van der Waals surface area (Å²) < 4.78 is 5.84. The molecule has 0 bridgehead atoms. The van der Waals surface area contributed by atoms with E-state index in [1.54, 1.807) is 48.5 Å². The Morgan fingerprint density at radius 1 is 0.667 bits per heavy atom. The maximum Gasteiger partial charge on any atom is 0.198 e. The summed E-state index contributed by atoms with van der Waals surface area (Å²) in [5.41, 5.74) is 7.67. The highest BCUT2D eigenvalue weighted by atomic mass is 16.5. The third kappa shape index (κ3) is 2.08. The zero-order valence-corrected chi connectivity index (χ0v) is 12.7. The van der Waals surface area contributed by atoms with Gasteiger partial charge in [0.1, 0.15) is 5.75 Å². The molecule has 4 rings (SSSR count). The quantitative estimate of drug-likeness (QED) is 0.571. The average Bonchev–Trinajstić information content (AvgIpc) is 2.62. The third-order valence-corrected chi connectivity index (χ3v) is 4.04. The summed E-state index contributed by atoms with van der Waals surface area (Å²) >= 11 is 0. The molecule has 0 aromatic heterocycles. The highest BCUT2D eigenvalue weighted by Gasteiger charge is 2.33. The van der Waals surface area contributed by atoms with Crippen LogP contribution in [0.3, 0.4) is 0 Å². The second-order valence-corrected chi connectivity index (χ2v) is 5.53. The molecule has 4 heteroatoms. The summed E-state index contributed by atoms with van der Waals surface area (Å²) in [6, 6.07) is 19.0. The number of ether oxygens (including phenoxy) is 1. The van der Waals surface area contributed by atoms with Crippen molar-refractivity contribution in [2.75, 3.05) is 5.73 Å². The number of hydrogen-bond donors (Lipinski definition) is 1. The molecular weight excluding hydrogens is 302 g/mol. The minimum atomic E-state index is -0.251. The van der Waals surface area contributed by atoms with E-state index in [1.807, 2.05) is 18.2 Å². The van der Waals surface area contributed by atoms with E-state index in [1.165, 1.54) is 0 Å². The van der Waals surface area contributed by atoms with Gasteiger partial charge in [-0.1, -0.05) is 42.5 Å². The normalized spacial score (nSPS) is 12.5. The average molecular weight is 315 g/mol. The first kappa shape index (κ1) is 14.2. The lowest BCUT2D eigenvalue weighted by atomic mass is 9.83. The summed E-state index contributed by atoms with van der Waals surface area (Å²) in [6.07, 6.45) is 0. The minimum absolute atomic E-state index is 0.196. The lowest BCUT2D eigenvalue weighted by molar-refractivity contribution is 0.0977. The molecule has 24 heavy (non-hydrogen) atoms. The molecule has 3 aromatic carbocycles. The molecule has 0 heterocycles. The Morgan fingerprint density at radius 2 is 1.29 bits per heavy atom. The van der Waals surface area contributed by atoms with E-state index >= 15 is 0 Å². The molecule has 0 spiro atoms. The van der Waals surface area contributed by atoms with E-state index in [2.05, 4.69) is 0 Å². The van der Waals surface area contributed by atoms with Gasteiger partial charge in [0.25, 0.3) is 0 Å². The van der Waals surface area contributed by atoms with Gasteiger partial charge in [0.15, 0.2) is 17.3 Å². The Hall–Kier alpha value is -3.40. The first-order valence-electron chi connectivity index (χ1n) is 7.50. The number of carbonyl (C=O) groups is 2. The van der Waals surface area contributed by atoms with Crippen LogP contribution in [0.15, 0.2) is 66.7 Å². The topological polar surface area (TPSA) is 69.4 Å². The fraction of sp³-hybridized carbons (Fsp3) is 0. The van der Waals surface area contributed by atoms with Gasteiger partial charge in [-0.2, -0.15) is 0 Å². The number of para-hydroxylation sites is 1. The van der Waals surface area contributed by atoms with Crippen molar-refractivity contribution in [1.82, 2.24) is 0 Å². The number of hydrogen-bond acceptors (Lipinski definition) is 4. The van der Waals surface area contributed by atoms with Crippen LogP contribution in [0, 0.1) is 0 Å². The van der Waals surface area contributed by atoms with Gasteiger partial charge in [0, 0.05) is 16.7 Å². The molecule has 4 nitrogen and oxygen atoms in total. The van der Waals surface area contributed by atoms with Crippen molar-refractivity contribution < 1.29 is 14.3 Å². The summed E-state index contributed by atoms with van der Waals surface area (Å²) in [5.74, 6) is 0.333. The van der Waals surface area contributed by atoms with E-state index in [0.29, 0.717) is 28.1 Å². The molecule has 1 aliphatic carbocycles. The van der Waals surface area contributed by atoms with Crippen molar-refractivity contribution in [3.8, 4) is 11.5 Å². The maximum absolute atomic E-state index is 12.9. The van der Waals surface area contributed by atoms with Crippen LogP contribution in [0.25, 0.3) is 0 Å². The largest absolute Gasteiger partial charge is 0.454 e. The second-order valence-electron chi connectivity index (χ2n) is 5.53. The zero-order chi connectivity index (χ0) is 16.7. The molecule has 0 saturated heterocycles. The van der Waals surface area contributed by atoms with Crippen LogP contribution in [0.2, 0.25) is 0 Å². The van der Waals surface area contributed by atoms with Crippen molar-refractivity contribution in [3.63, 3.8) is 0 Å². The van der Waals surface area contributed by atoms with E-state index in [-0.39, 0.29) is 22.9 Å². The zero-order valence-electron chi connectivity index (χ0n) is 12.7. The summed E-state index contributed by atoms with van der Waals surface area (Å²) in [4.78, 5) is 25.6. The van der Waals surface area contributed by atoms with Gasteiger partial charge in [-0.3, -0.25) is 9.59 Å². The smallest absolute Gasteiger partial charge is 0.198 e. The van der Waals surface area contributed by atoms with Gasteiger partial charge < -0.3 is 10.5 Å². The van der Waals surface area contributed by atoms with Gasteiger partial charge >= 0.3 is 0 Å². The molecule has 0 amide bonds. The summed E-state index contributed by atoms with van der Waals surface area (Å²) in [6.45, 7) is 0. The fourth-order valence-electron chi connectivity index (χ4n) is 2.89. The van der Waals surface area contributed by atoms with Gasteiger partial charge in [0.2, 0.25) is 0 Å². The van der Waals surface area contributed by atoms with E-state index < -0.39 is 0 Å². The molecule has 0 saturated carbocycles. The van der Waals surface area contributed by atoms with Gasteiger partial charge in [0.05, 0.1) is 11.3 Å². The molecule has 1 aliphatic rings. The Kier molecular flexibility index (Phi) is 3.17. The highest BCUT2D eigenvalue weighted by molar-refractivity contribution is 6.29. The molecule has 0 fully saturated rings. The van der Waals surface area contributed by atoms with Gasteiger partial charge in [-0.15, -0.1) is 0 Å². The Balaban J connectivity index is 1.92. The number of anilines is 1. The van der Waals surface area contributed by atoms with Gasteiger partial charge in [-0.25, -0.2) is 0 Å². The number of carbonyl (C=O) groups excluding carboxylic acids is 2. The lowest BCUT2D eigenvalue weighted by Crippen LogP contribution is -2.22. The second kappa shape index (κ2) is 5.35. The number of benzene rings is 3. The van der Waals surface area contributed by atoms with Crippen LogP contribution in [-0.2, 0) is 0 Å². The van der Waals surface area contributed by atoms with Crippen LogP contribution in [0.5, 0.6) is 11.5 Å². The van der Waals surface area contributed by atoms with Crippen LogP contribution in [0.1, 0.15) is 31.8 Å². The summed E-state index contributed by atoms with van der Waals surface area (Å²) in [5, 5.41) is 0. The lowest BCUT2D eigenvalue weighted by Gasteiger charge is -2.21. The molecular formula is C20H13NO3. The fourth-order valence-corrected chi connectivity index (χ4v) is 2.89. The molecule has 116 valence electrons. The Bertz CT molecular complexity index is 977. The minimum Gasteiger partial charge on any atom is -0.454 e. The molecule has 2 N–H and O–H groups in total. The highest BCUT2D eigenvalue weighted by Crippen LogP contribution is 2.39. The first-order valence-corrected chi connectivity index (χ1v) is 7.50. The van der Waals surface area contributed by atoms with Crippen molar-refractivity contribution in [2.24, 2.45) is 0 Å². The molecule has 0 unspecified atom stereocenters. The van der Waals surface area contributed by atoms with Crippen LogP contribution >= 0.6 is 0 Å². The van der Waals surface area contributed by atoms with Gasteiger partial charge in [-0.05, 0) is 24.3 Å².